The summed E-state index contributed by atoms with van der Waals surface area (Å²) < 4.78 is 13.3. The van der Waals surface area contributed by atoms with Gasteiger partial charge in [0.25, 0.3) is 0 Å². The van der Waals surface area contributed by atoms with Crippen molar-refractivity contribution in [3.05, 3.63) is 89.7 Å². The smallest absolute Gasteiger partial charge is 0.161 e. The van der Waals surface area contributed by atoms with E-state index in [2.05, 4.69) is 4.98 Å². The van der Waals surface area contributed by atoms with E-state index in [-0.39, 0.29) is 0 Å². The van der Waals surface area contributed by atoms with E-state index in [0.717, 1.165) is 16.6 Å². The zero-order chi connectivity index (χ0) is 19.5. The summed E-state index contributed by atoms with van der Waals surface area (Å²) in [7, 11) is 3.50. The number of imidazole rings is 1. The number of benzene rings is 3. The third-order valence-corrected chi connectivity index (χ3v) is 4.81. The fraction of sp³-hybridized carbons (Fsp3) is 0.174. The molecule has 28 heavy (non-hydrogen) atoms. The van der Waals surface area contributed by atoms with E-state index in [4.69, 9.17) is 9.47 Å². The van der Waals surface area contributed by atoms with Crippen LogP contribution in [0.4, 0.5) is 0 Å². The Labute approximate surface area is 163 Å². The maximum atomic E-state index is 10.9. The van der Waals surface area contributed by atoms with Crippen molar-refractivity contribution in [2.24, 2.45) is 7.05 Å². The molecule has 0 saturated heterocycles. The molecule has 1 unspecified atom stereocenters. The Hall–Kier alpha value is -3.31. The SMILES string of the molecule is COc1cc(C(O)c2nc3ccccc3n2C)ccc1OCc1ccccc1. The molecule has 4 rings (SSSR count). The molecule has 5 heteroatoms. The second-order valence-corrected chi connectivity index (χ2v) is 6.60. The standard InChI is InChI=1S/C23H22N2O3/c1-25-19-11-7-6-10-18(19)24-23(25)22(26)17-12-13-20(21(14-17)27-2)28-15-16-8-4-3-5-9-16/h3-14,22,26H,15H2,1-2H3. The summed E-state index contributed by atoms with van der Waals surface area (Å²) in [4.78, 5) is 4.58. The van der Waals surface area contributed by atoms with E-state index < -0.39 is 6.10 Å². The molecule has 1 heterocycles. The van der Waals surface area contributed by atoms with Crippen molar-refractivity contribution in [3.63, 3.8) is 0 Å². The van der Waals surface area contributed by atoms with Crippen LogP contribution in [0.3, 0.4) is 0 Å². The van der Waals surface area contributed by atoms with Gasteiger partial charge in [-0.2, -0.15) is 0 Å². The van der Waals surface area contributed by atoms with Crippen LogP contribution in [-0.4, -0.2) is 21.8 Å². The van der Waals surface area contributed by atoms with Crippen molar-refractivity contribution in [1.29, 1.82) is 0 Å². The van der Waals surface area contributed by atoms with Crippen LogP contribution < -0.4 is 9.47 Å². The maximum Gasteiger partial charge on any atom is 0.161 e. The van der Waals surface area contributed by atoms with E-state index in [1.165, 1.54) is 0 Å². The molecule has 0 bridgehead atoms. The van der Waals surface area contributed by atoms with Gasteiger partial charge in [0, 0.05) is 7.05 Å². The Bertz CT molecular complexity index is 1090. The molecule has 1 aromatic heterocycles. The highest BCUT2D eigenvalue weighted by Crippen LogP contribution is 2.33. The van der Waals surface area contributed by atoms with Gasteiger partial charge < -0.3 is 19.1 Å². The number of rotatable bonds is 6. The van der Waals surface area contributed by atoms with Gasteiger partial charge in [-0.1, -0.05) is 48.5 Å². The zero-order valence-corrected chi connectivity index (χ0v) is 15.9. The Kier molecular flexibility index (Phi) is 5.00. The second-order valence-electron chi connectivity index (χ2n) is 6.60. The number of aromatic nitrogens is 2. The quantitative estimate of drug-likeness (QED) is 0.548. The molecule has 0 fully saturated rings. The lowest BCUT2D eigenvalue weighted by atomic mass is 10.1. The first-order chi connectivity index (χ1) is 13.7. The molecule has 0 saturated carbocycles. The molecule has 0 amide bonds. The van der Waals surface area contributed by atoms with Gasteiger partial charge in [0.2, 0.25) is 0 Å². The fourth-order valence-corrected chi connectivity index (χ4v) is 3.27. The van der Waals surface area contributed by atoms with Crippen LogP contribution in [0.15, 0.2) is 72.8 Å². The molecular weight excluding hydrogens is 352 g/mol. The highest BCUT2D eigenvalue weighted by atomic mass is 16.5. The predicted octanol–water partition coefficient (Wildman–Crippen LogP) is 4.24. The average molecular weight is 374 g/mol. The number of ether oxygens (including phenoxy) is 2. The highest BCUT2D eigenvalue weighted by molar-refractivity contribution is 5.76. The lowest BCUT2D eigenvalue weighted by molar-refractivity contribution is 0.206. The van der Waals surface area contributed by atoms with Crippen LogP contribution in [0, 0.1) is 0 Å². The molecular formula is C23H22N2O3. The minimum absolute atomic E-state index is 0.448. The molecule has 1 atom stereocenters. The minimum Gasteiger partial charge on any atom is -0.493 e. The number of aliphatic hydroxyl groups excluding tert-OH is 1. The van der Waals surface area contributed by atoms with Crippen molar-refractivity contribution in [1.82, 2.24) is 9.55 Å². The van der Waals surface area contributed by atoms with E-state index in [0.29, 0.717) is 29.5 Å². The van der Waals surface area contributed by atoms with Crippen LogP contribution in [0.25, 0.3) is 11.0 Å². The number of fused-ring (bicyclic) bond motifs is 1. The van der Waals surface area contributed by atoms with Crippen LogP contribution >= 0.6 is 0 Å². The molecule has 0 aliphatic carbocycles. The largest absolute Gasteiger partial charge is 0.493 e. The van der Waals surface area contributed by atoms with Gasteiger partial charge in [0.15, 0.2) is 11.5 Å². The van der Waals surface area contributed by atoms with Crippen molar-refractivity contribution >= 4 is 11.0 Å². The maximum absolute atomic E-state index is 10.9. The lowest BCUT2D eigenvalue weighted by Crippen LogP contribution is -2.08. The number of methoxy groups -OCH3 is 1. The van der Waals surface area contributed by atoms with Gasteiger partial charge in [-0.15, -0.1) is 0 Å². The lowest BCUT2D eigenvalue weighted by Gasteiger charge is -2.15. The summed E-state index contributed by atoms with van der Waals surface area (Å²) in [6.45, 7) is 0.448. The first-order valence-electron chi connectivity index (χ1n) is 9.11. The normalized spacial score (nSPS) is 12.1. The van der Waals surface area contributed by atoms with Gasteiger partial charge in [0.1, 0.15) is 18.5 Å². The molecule has 1 N–H and O–H groups in total. The summed E-state index contributed by atoms with van der Waals surface area (Å²) in [5, 5.41) is 10.9. The van der Waals surface area contributed by atoms with E-state index in [1.807, 2.05) is 78.3 Å². The van der Waals surface area contributed by atoms with Crippen LogP contribution in [-0.2, 0) is 13.7 Å². The third-order valence-electron chi connectivity index (χ3n) is 4.81. The number of hydrogen-bond acceptors (Lipinski definition) is 4. The Morgan fingerprint density at radius 1 is 0.964 bits per heavy atom. The van der Waals surface area contributed by atoms with Crippen molar-refractivity contribution in [2.45, 2.75) is 12.7 Å². The van der Waals surface area contributed by atoms with Crippen molar-refractivity contribution in [2.75, 3.05) is 7.11 Å². The Balaban J connectivity index is 1.60. The Morgan fingerprint density at radius 3 is 2.46 bits per heavy atom. The molecule has 0 radical (unpaired) electrons. The summed E-state index contributed by atoms with van der Waals surface area (Å²) in [6, 6.07) is 23.2. The predicted molar refractivity (Wildman–Crippen MR) is 109 cm³/mol. The number of nitrogens with zero attached hydrogens (tertiary/aromatic N) is 2. The number of hydrogen-bond donors (Lipinski definition) is 1. The fourth-order valence-electron chi connectivity index (χ4n) is 3.27. The molecule has 0 aliphatic rings. The number of para-hydroxylation sites is 2. The van der Waals surface area contributed by atoms with Gasteiger partial charge in [0.05, 0.1) is 18.1 Å². The van der Waals surface area contributed by atoms with E-state index in [1.54, 1.807) is 13.2 Å². The number of aryl methyl sites for hydroxylation is 1. The number of aliphatic hydroxyl groups is 1. The average Bonchev–Trinajstić information content (AvgIpc) is 3.09. The van der Waals surface area contributed by atoms with Gasteiger partial charge in [-0.05, 0) is 35.4 Å². The Morgan fingerprint density at radius 2 is 1.71 bits per heavy atom. The summed E-state index contributed by atoms with van der Waals surface area (Å²) in [5.41, 5.74) is 3.61. The summed E-state index contributed by atoms with van der Waals surface area (Å²) >= 11 is 0. The van der Waals surface area contributed by atoms with Crippen LogP contribution in [0.5, 0.6) is 11.5 Å². The molecule has 5 nitrogen and oxygen atoms in total. The van der Waals surface area contributed by atoms with Crippen molar-refractivity contribution < 1.29 is 14.6 Å². The summed E-state index contributed by atoms with van der Waals surface area (Å²) in [5.74, 6) is 1.79. The zero-order valence-electron chi connectivity index (χ0n) is 15.9. The molecule has 0 spiro atoms. The van der Waals surface area contributed by atoms with Gasteiger partial charge in [-0.3, -0.25) is 0 Å². The summed E-state index contributed by atoms with van der Waals surface area (Å²) in [6.07, 6.45) is -0.866. The molecule has 0 aliphatic heterocycles. The monoisotopic (exact) mass is 374 g/mol. The van der Waals surface area contributed by atoms with E-state index in [9.17, 15) is 5.11 Å². The molecule has 4 aromatic rings. The van der Waals surface area contributed by atoms with Crippen molar-refractivity contribution in [3.8, 4) is 11.5 Å². The third kappa shape index (κ3) is 3.44. The topological polar surface area (TPSA) is 56.5 Å². The highest BCUT2D eigenvalue weighted by Gasteiger charge is 2.19. The van der Waals surface area contributed by atoms with Gasteiger partial charge in [-0.25, -0.2) is 4.98 Å². The second kappa shape index (κ2) is 7.74. The van der Waals surface area contributed by atoms with Gasteiger partial charge >= 0.3 is 0 Å². The van der Waals surface area contributed by atoms with E-state index >= 15 is 0 Å². The van der Waals surface area contributed by atoms with Crippen LogP contribution in [0.1, 0.15) is 23.1 Å². The first kappa shape index (κ1) is 18.1. The minimum atomic E-state index is -0.866. The first-order valence-corrected chi connectivity index (χ1v) is 9.11. The molecule has 3 aromatic carbocycles. The van der Waals surface area contributed by atoms with Crippen LogP contribution in [0.2, 0.25) is 0 Å². The molecule has 142 valence electrons.